The van der Waals surface area contributed by atoms with Gasteiger partial charge >= 0.3 is 0 Å². The fourth-order valence-electron chi connectivity index (χ4n) is 5.30. The van der Waals surface area contributed by atoms with Gasteiger partial charge in [-0.3, -0.25) is 14.7 Å². The summed E-state index contributed by atoms with van der Waals surface area (Å²) < 4.78 is 5.84. The Bertz CT molecular complexity index is 1190. The van der Waals surface area contributed by atoms with Crippen molar-refractivity contribution in [3.05, 3.63) is 77.2 Å². The van der Waals surface area contributed by atoms with E-state index in [-0.39, 0.29) is 24.2 Å². The van der Waals surface area contributed by atoms with Crippen LogP contribution in [0.5, 0.6) is 0 Å². The van der Waals surface area contributed by atoms with Crippen LogP contribution >= 0.6 is 11.6 Å². The number of ether oxygens (including phenoxy) is 1. The van der Waals surface area contributed by atoms with Crippen LogP contribution in [-0.4, -0.2) is 65.2 Å². The Morgan fingerprint density at radius 1 is 1.08 bits per heavy atom. The fourth-order valence-corrected chi connectivity index (χ4v) is 5.53. The van der Waals surface area contributed by atoms with E-state index in [4.69, 9.17) is 21.3 Å². The van der Waals surface area contributed by atoms with Crippen molar-refractivity contribution in [3.8, 4) is 11.1 Å². The molecule has 2 aliphatic rings. The van der Waals surface area contributed by atoms with E-state index in [1.54, 1.807) is 24.5 Å². The highest BCUT2D eigenvalue weighted by molar-refractivity contribution is 6.33. The minimum absolute atomic E-state index is 0.0746. The second kappa shape index (κ2) is 11.6. The number of nitrogens with one attached hydrogen (secondary N) is 1. The third-order valence-electron chi connectivity index (χ3n) is 7.07. The number of hydrogen-bond donors (Lipinski definition) is 1. The van der Waals surface area contributed by atoms with E-state index in [0.29, 0.717) is 10.6 Å². The molecule has 0 saturated carbocycles. The van der Waals surface area contributed by atoms with Crippen molar-refractivity contribution in [1.29, 1.82) is 0 Å². The van der Waals surface area contributed by atoms with Crippen LogP contribution in [0.3, 0.4) is 0 Å². The summed E-state index contributed by atoms with van der Waals surface area (Å²) in [7, 11) is 0. The number of morpholine rings is 1. The number of piperidine rings is 1. The monoisotopic (exact) mass is 519 g/mol. The molecular weight excluding hydrogens is 486 g/mol. The maximum Gasteiger partial charge on any atom is 0.251 e. The van der Waals surface area contributed by atoms with Gasteiger partial charge in [0.05, 0.1) is 12.2 Å². The van der Waals surface area contributed by atoms with Crippen LogP contribution < -0.4 is 10.2 Å². The van der Waals surface area contributed by atoms with Crippen molar-refractivity contribution < 1.29 is 9.53 Å². The van der Waals surface area contributed by atoms with Crippen LogP contribution in [0.15, 0.2) is 61.1 Å². The van der Waals surface area contributed by atoms with Gasteiger partial charge in [0.25, 0.3) is 5.91 Å². The van der Waals surface area contributed by atoms with E-state index in [0.717, 1.165) is 62.5 Å². The van der Waals surface area contributed by atoms with Gasteiger partial charge in [0.2, 0.25) is 0 Å². The molecule has 4 heterocycles. The molecule has 2 unspecified atom stereocenters. The predicted molar refractivity (Wildman–Crippen MR) is 147 cm³/mol. The highest BCUT2D eigenvalue weighted by Crippen LogP contribution is 2.28. The molecule has 2 aromatic heterocycles. The van der Waals surface area contributed by atoms with Gasteiger partial charge in [-0.25, -0.2) is 4.98 Å². The van der Waals surface area contributed by atoms with Gasteiger partial charge in [-0.2, -0.15) is 0 Å². The van der Waals surface area contributed by atoms with Gasteiger partial charge in [-0.1, -0.05) is 23.7 Å². The standard InChI is InChI=1S/C29H34ClN5O2/c1-20-17-34(18-21(2)37-20)19-22-5-8-28(32-15-22)35-12-9-25(10-13-35)33-29(36)23-6-7-27(30)26(14-23)24-4-3-11-31-16-24/h3-8,11,14-16,20-21,25H,9-10,12-13,17-19H2,1-2H3,(H,33,36). The number of carbonyl (C=O) groups is 1. The van der Waals surface area contributed by atoms with Gasteiger partial charge in [0, 0.05) is 79.1 Å². The van der Waals surface area contributed by atoms with Crippen LogP contribution in [0.1, 0.15) is 42.6 Å². The van der Waals surface area contributed by atoms with E-state index in [1.807, 2.05) is 24.4 Å². The Morgan fingerprint density at radius 2 is 1.86 bits per heavy atom. The molecule has 194 valence electrons. The molecule has 8 heteroatoms. The number of rotatable bonds is 6. The summed E-state index contributed by atoms with van der Waals surface area (Å²) in [5.74, 6) is 0.922. The molecule has 0 aliphatic carbocycles. The first-order chi connectivity index (χ1) is 17.9. The lowest BCUT2D eigenvalue weighted by atomic mass is 10.0. The molecule has 0 bridgehead atoms. The first-order valence-electron chi connectivity index (χ1n) is 13.0. The zero-order valence-electron chi connectivity index (χ0n) is 21.4. The van der Waals surface area contributed by atoms with Gasteiger partial charge in [0.1, 0.15) is 5.82 Å². The summed E-state index contributed by atoms with van der Waals surface area (Å²) in [5.41, 5.74) is 3.53. The molecule has 1 aromatic carbocycles. The summed E-state index contributed by atoms with van der Waals surface area (Å²) >= 11 is 6.39. The summed E-state index contributed by atoms with van der Waals surface area (Å²) in [4.78, 5) is 26.6. The molecule has 7 nitrogen and oxygen atoms in total. The molecule has 0 spiro atoms. The van der Waals surface area contributed by atoms with Crippen LogP contribution in [0.2, 0.25) is 5.02 Å². The summed E-state index contributed by atoms with van der Waals surface area (Å²) in [6.45, 7) is 8.77. The fraction of sp³-hybridized carbons (Fsp3) is 0.414. The molecule has 2 fully saturated rings. The number of amides is 1. The van der Waals surface area contributed by atoms with E-state index < -0.39 is 0 Å². The highest BCUT2D eigenvalue weighted by atomic mass is 35.5. The summed E-state index contributed by atoms with van der Waals surface area (Å²) in [5, 5.41) is 3.81. The van der Waals surface area contributed by atoms with Crippen molar-refractivity contribution in [3.63, 3.8) is 0 Å². The molecule has 1 amide bonds. The van der Waals surface area contributed by atoms with Crippen LogP contribution in [-0.2, 0) is 11.3 Å². The SMILES string of the molecule is CC1CN(Cc2ccc(N3CCC(NC(=O)c4ccc(Cl)c(-c5cccnc5)c4)CC3)nc2)CC(C)O1. The van der Waals surface area contributed by atoms with E-state index in [9.17, 15) is 4.79 Å². The second-order valence-electron chi connectivity index (χ2n) is 10.1. The highest BCUT2D eigenvalue weighted by Gasteiger charge is 2.24. The van der Waals surface area contributed by atoms with Crippen molar-refractivity contribution in [2.75, 3.05) is 31.1 Å². The summed E-state index contributed by atoms with van der Waals surface area (Å²) in [6, 6.07) is 13.6. The van der Waals surface area contributed by atoms with Gasteiger partial charge in [0.15, 0.2) is 0 Å². The van der Waals surface area contributed by atoms with Crippen molar-refractivity contribution in [2.45, 2.75) is 51.5 Å². The van der Waals surface area contributed by atoms with Crippen molar-refractivity contribution in [1.82, 2.24) is 20.2 Å². The van der Waals surface area contributed by atoms with E-state index in [2.05, 4.69) is 46.1 Å². The molecule has 1 N–H and O–H groups in total. The Balaban J connectivity index is 1.13. The maximum absolute atomic E-state index is 13.0. The molecule has 2 aliphatic heterocycles. The number of carbonyl (C=O) groups excluding carboxylic acids is 1. The topological polar surface area (TPSA) is 70.6 Å². The smallest absolute Gasteiger partial charge is 0.251 e. The number of halogens is 1. The average Bonchev–Trinajstić information content (AvgIpc) is 2.90. The molecule has 37 heavy (non-hydrogen) atoms. The van der Waals surface area contributed by atoms with Crippen LogP contribution in [0, 0.1) is 0 Å². The predicted octanol–water partition coefficient (Wildman–Crippen LogP) is 4.81. The number of anilines is 1. The lowest BCUT2D eigenvalue weighted by Crippen LogP contribution is -2.45. The van der Waals surface area contributed by atoms with Gasteiger partial charge in [-0.05, 0) is 62.6 Å². The van der Waals surface area contributed by atoms with E-state index >= 15 is 0 Å². The first-order valence-corrected chi connectivity index (χ1v) is 13.4. The lowest BCUT2D eigenvalue weighted by molar-refractivity contribution is -0.0705. The Kier molecular flexibility index (Phi) is 8.03. The number of pyridine rings is 2. The quantitative estimate of drug-likeness (QED) is 0.504. The summed E-state index contributed by atoms with van der Waals surface area (Å²) in [6.07, 6.45) is 7.75. The van der Waals surface area contributed by atoms with Crippen molar-refractivity contribution in [2.24, 2.45) is 0 Å². The number of aromatic nitrogens is 2. The minimum atomic E-state index is -0.0746. The minimum Gasteiger partial charge on any atom is -0.373 e. The normalized spacial score (nSPS) is 21.1. The maximum atomic E-state index is 13.0. The average molecular weight is 520 g/mol. The molecule has 2 atom stereocenters. The molecule has 3 aromatic rings. The van der Waals surface area contributed by atoms with E-state index in [1.165, 1.54) is 5.56 Å². The Labute approximate surface area is 223 Å². The zero-order chi connectivity index (χ0) is 25.8. The van der Waals surface area contributed by atoms with Gasteiger partial charge in [-0.15, -0.1) is 0 Å². The Hall–Kier alpha value is -3.00. The largest absolute Gasteiger partial charge is 0.373 e. The number of benzene rings is 1. The molecule has 2 saturated heterocycles. The molecule has 5 rings (SSSR count). The third kappa shape index (κ3) is 6.47. The third-order valence-corrected chi connectivity index (χ3v) is 7.40. The van der Waals surface area contributed by atoms with Crippen LogP contribution in [0.4, 0.5) is 5.82 Å². The lowest BCUT2D eigenvalue weighted by Gasteiger charge is -2.35. The zero-order valence-corrected chi connectivity index (χ0v) is 22.2. The van der Waals surface area contributed by atoms with Gasteiger partial charge < -0.3 is 15.0 Å². The first kappa shape index (κ1) is 25.6. The van der Waals surface area contributed by atoms with Crippen molar-refractivity contribution >= 4 is 23.3 Å². The number of hydrogen-bond acceptors (Lipinski definition) is 6. The molecular formula is C29H34ClN5O2. The molecule has 0 radical (unpaired) electrons. The second-order valence-corrected chi connectivity index (χ2v) is 10.6. The Morgan fingerprint density at radius 3 is 2.54 bits per heavy atom. The number of nitrogens with zero attached hydrogens (tertiary/aromatic N) is 4. The van der Waals surface area contributed by atoms with Crippen LogP contribution in [0.25, 0.3) is 11.1 Å².